The van der Waals surface area contributed by atoms with Gasteiger partial charge in [0.25, 0.3) is 0 Å². The molecule has 0 radical (unpaired) electrons. The number of ketones is 2. The van der Waals surface area contributed by atoms with Crippen molar-refractivity contribution in [3.63, 3.8) is 0 Å². The largest absolute Gasteiger partial charge is 0.497 e. The van der Waals surface area contributed by atoms with E-state index in [1.54, 1.807) is 12.1 Å². The van der Waals surface area contributed by atoms with Gasteiger partial charge in [-0.25, -0.2) is 4.79 Å². The van der Waals surface area contributed by atoms with Crippen LogP contribution in [0.15, 0.2) is 66.2 Å². The quantitative estimate of drug-likeness (QED) is 0.191. The van der Waals surface area contributed by atoms with Crippen LogP contribution in [0.5, 0.6) is 23.0 Å². The highest BCUT2D eigenvalue weighted by atomic mass is 16.5. The van der Waals surface area contributed by atoms with Gasteiger partial charge in [-0.15, -0.1) is 0 Å². The number of aromatic carboxylic acids is 1. The second kappa shape index (κ2) is 12.2. The number of aliphatic hydroxyl groups is 1. The van der Waals surface area contributed by atoms with Crippen LogP contribution in [0.25, 0.3) is 5.70 Å². The summed E-state index contributed by atoms with van der Waals surface area (Å²) in [6, 6.07) is 14.5. The summed E-state index contributed by atoms with van der Waals surface area (Å²) >= 11 is 0. The van der Waals surface area contributed by atoms with Crippen molar-refractivity contribution in [3.05, 3.63) is 82.9 Å². The van der Waals surface area contributed by atoms with Gasteiger partial charge < -0.3 is 38.8 Å². The number of esters is 1. The zero-order valence-corrected chi connectivity index (χ0v) is 24.0. The number of carbonyl (C=O) groups is 4. The van der Waals surface area contributed by atoms with Crippen molar-refractivity contribution >= 4 is 34.9 Å². The molecule has 224 valence electrons. The molecule has 0 aromatic heterocycles. The molecule has 0 saturated carbocycles. The molecular weight excluding hydrogens is 562 g/mol. The lowest BCUT2D eigenvalue weighted by molar-refractivity contribution is -0.150. The van der Waals surface area contributed by atoms with Crippen molar-refractivity contribution in [2.45, 2.75) is 12.1 Å². The lowest BCUT2D eigenvalue weighted by Gasteiger charge is -2.36. The summed E-state index contributed by atoms with van der Waals surface area (Å²) in [6.07, 6.45) is -0.950. The van der Waals surface area contributed by atoms with Gasteiger partial charge in [0, 0.05) is 17.7 Å². The van der Waals surface area contributed by atoms with E-state index < -0.39 is 46.8 Å². The maximum Gasteiger partial charge on any atom is 0.337 e. The zero-order chi connectivity index (χ0) is 31.5. The van der Waals surface area contributed by atoms with Gasteiger partial charge in [0.05, 0.1) is 58.1 Å². The highest BCUT2D eigenvalue weighted by molar-refractivity contribution is 6.37. The molecule has 0 fully saturated rings. The molecule has 1 heterocycles. The minimum atomic E-state index is -2.79. The van der Waals surface area contributed by atoms with Crippen LogP contribution in [0, 0.1) is 0 Å². The van der Waals surface area contributed by atoms with Crippen molar-refractivity contribution in [2.75, 3.05) is 40.4 Å². The number of carboxylic acids is 1. The fourth-order valence-electron chi connectivity index (χ4n) is 4.80. The molecule has 3 aromatic carbocycles. The van der Waals surface area contributed by atoms with E-state index in [9.17, 15) is 29.4 Å². The minimum Gasteiger partial charge on any atom is -0.497 e. The Morgan fingerprint density at radius 3 is 1.81 bits per heavy atom. The van der Waals surface area contributed by atoms with Crippen LogP contribution in [0.2, 0.25) is 0 Å². The number of anilines is 1. The Hall–Kier alpha value is -5.36. The lowest BCUT2D eigenvalue weighted by Crippen LogP contribution is -2.52. The van der Waals surface area contributed by atoms with Gasteiger partial charge in [-0.2, -0.15) is 0 Å². The topological polar surface area (TPSA) is 158 Å². The van der Waals surface area contributed by atoms with Crippen LogP contribution in [0.3, 0.4) is 0 Å². The van der Waals surface area contributed by atoms with Gasteiger partial charge >= 0.3 is 11.9 Å². The second-order valence-corrected chi connectivity index (χ2v) is 9.27. The molecule has 12 nitrogen and oxygen atoms in total. The third-order valence-electron chi connectivity index (χ3n) is 6.96. The summed E-state index contributed by atoms with van der Waals surface area (Å²) < 4.78 is 25.9. The van der Waals surface area contributed by atoms with E-state index >= 15 is 0 Å². The molecule has 1 atom stereocenters. The maximum atomic E-state index is 14.2. The summed E-state index contributed by atoms with van der Waals surface area (Å²) in [5.41, 5.74) is -3.81. The van der Waals surface area contributed by atoms with E-state index in [1.807, 2.05) is 0 Å². The summed E-state index contributed by atoms with van der Waals surface area (Å²) in [5, 5.41) is 22.3. The number of nitrogens with zero attached hydrogens (tertiary/aromatic N) is 1. The first-order valence-electron chi connectivity index (χ1n) is 12.8. The summed E-state index contributed by atoms with van der Waals surface area (Å²) in [4.78, 5) is 54.4. The number of Topliss-reactive ketones (excluding diaryl/α,β-unsaturated/α-hetero) is 2. The zero-order valence-electron chi connectivity index (χ0n) is 24.0. The van der Waals surface area contributed by atoms with E-state index in [4.69, 9.17) is 23.7 Å². The Morgan fingerprint density at radius 1 is 0.791 bits per heavy atom. The Bertz CT molecular complexity index is 1610. The summed E-state index contributed by atoms with van der Waals surface area (Å²) in [7, 11) is 6.60. The van der Waals surface area contributed by atoms with E-state index in [2.05, 4.69) is 0 Å². The Balaban J connectivity index is 2.12. The molecular formula is C31H29NO11. The van der Waals surface area contributed by atoms with Gasteiger partial charge in [-0.05, 0) is 54.1 Å². The fraction of sp³-hybridized carbons (Fsp3) is 0.226. The molecule has 0 saturated heterocycles. The molecule has 12 heteroatoms. The standard InChI is InChI=1S/C31H29NO11/c1-39-19-10-6-17(7-11-19)27-26(28(34)18-8-12-20(40-2)13-9-18)29(35)31(38,16-25(33)43-5)32(27)22-15-24(42-4)23(41-3)14-21(22)30(36)37/h6-15,38H,16H2,1-5H3,(H,36,37). The van der Waals surface area contributed by atoms with Gasteiger partial charge in [-0.1, -0.05) is 0 Å². The van der Waals surface area contributed by atoms with Crippen LogP contribution in [0.1, 0.15) is 32.7 Å². The van der Waals surface area contributed by atoms with Crippen molar-refractivity contribution in [3.8, 4) is 23.0 Å². The predicted molar refractivity (Wildman–Crippen MR) is 153 cm³/mol. The van der Waals surface area contributed by atoms with Crippen LogP contribution in [-0.4, -0.2) is 75.0 Å². The summed E-state index contributed by atoms with van der Waals surface area (Å²) in [5.74, 6) is -3.37. The first kappa shape index (κ1) is 30.6. The Labute approximate surface area is 246 Å². The molecule has 0 aliphatic carbocycles. The highest BCUT2D eigenvalue weighted by Gasteiger charge is 2.56. The summed E-state index contributed by atoms with van der Waals surface area (Å²) in [6.45, 7) is 0. The monoisotopic (exact) mass is 591 g/mol. The van der Waals surface area contributed by atoms with Crippen LogP contribution < -0.4 is 23.8 Å². The lowest BCUT2D eigenvalue weighted by atomic mass is 9.93. The number of methoxy groups -OCH3 is 5. The van der Waals surface area contributed by atoms with Crippen molar-refractivity contribution in [1.29, 1.82) is 0 Å². The van der Waals surface area contributed by atoms with Gasteiger partial charge in [0.15, 0.2) is 17.3 Å². The van der Waals surface area contributed by atoms with Gasteiger partial charge in [-0.3, -0.25) is 14.4 Å². The number of carbonyl (C=O) groups excluding carboxylic acids is 3. The van der Waals surface area contributed by atoms with Crippen molar-refractivity contribution in [2.24, 2.45) is 0 Å². The first-order valence-corrected chi connectivity index (χ1v) is 12.8. The number of ether oxygens (including phenoxy) is 5. The van der Waals surface area contributed by atoms with Crippen LogP contribution in [-0.2, 0) is 14.3 Å². The van der Waals surface area contributed by atoms with E-state index in [-0.39, 0.29) is 34.0 Å². The van der Waals surface area contributed by atoms with Crippen LogP contribution in [0.4, 0.5) is 5.69 Å². The van der Waals surface area contributed by atoms with E-state index in [0.29, 0.717) is 11.5 Å². The molecule has 0 amide bonds. The number of hydrogen-bond donors (Lipinski definition) is 2. The fourth-order valence-corrected chi connectivity index (χ4v) is 4.80. The third-order valence-corrected chi connectivity index (χ3v) is 6.96. The Kier molecular flexibility index (Phi) is 8.72. The van der Waals surface area contributed by atoms with Crippen LogP contribution >= 0.6 is 0 Å². The molecule has 2 N–H and O–H groups in total. The molecule has 1 aliphatic heterocycles. The molecule has 0 spiro atoms. The van der Waals surface area contributed by atoms with E-state index in [0.717, 1.165) is 18.1 Å². The maximum absolute atomic E-state index is 14.2. The molecule has 0 bridgehead atoms. The first-order chi connectivity index (χ1) is 20.5. The van der Waals surface area contributed by atoms with Gasteiger partial charge in [0.2, 0.25) is 11.5 Å². The molecule has 4 rings (SSSR count). The van der Waals surface area contributed by atoms with Crippen molar-refractivity contribution in [1.82, 2.24) is 0 Å². The third kappa shape index (κ3) is 5.47. The SMILES string of the molecule is COC(=O)CC1(O)C(=O)C(C(=O)c2ccc(OC)cc2)=C(c2ccc(OC)cc2)N1c1cc(OC)c(OC)cc1C(=O)O. The highest BCUT2D eigenvalue weighted by Crippen LogP contribution is 2.48. The molecule has 3 aromatic rings. The number of benzene rings is 3. The normalized spacial score (nSPS) is 16.1. The number of carboxylic acid groups (broad SMARTS) is 1. The second-order valence-electron chi connectivity index (χ2n) is 9.27. The predicted octanol–water partition coefficient (Wildman–Crippen LogP) is 3.35. The average molecular weight is 592 g/mol. The van der Waals surface area contributed by atoms with Gasteiger partial charge in [0.1, 0.15) is 17.9 Å². The molecule has 1 aliphatic rings. The average Bonchev–Trinajstić information content (AvgIpc) is 3.25. The molecule has 1 unspecified atom stereocenters. The van der Waals surface area contributed by atoms with E-state index in [1.165, 1.54) is 70.9 Å². The number of rotatable bonds is 11. The number of hydrogen-bond acceptors (Lipinski definition) is 11. The smallest absolute Gasteiger partial charge is 0.337 e. The minimum absolute atomic E-state index is 0.0511. The van der Waals surface area contributed by atoms with Crippen molar-refractivity contribution < 1.29 is 53.1 Å². The molecule has 43 heavy (non-hydrogen) atoms. The Morgan fingerprint density at radius 2 is 1.33 bits per heavy atom.